The van der Waals surface area contributed by atoms with Crippen LogP contribution in [-0.2, 0) is 16.1 Å². The average Bonchev–Trinajstić information content (AvgIpc) is 2.97. The number of allylic oxidation sites excluding steroid dienone is 2. The van der Waals surface area contributed by atoms with Gasteiger partial charge in [-0.2, -0.15) is 0 Å². The van der Waals surface area contributed by atoms with Crippen LogP contribution in [0, 0.1) is 6.92 Å². The van der Waals surface area contributed by atoms with Gasteiger partial charge in [-0.3, -0.25) is 14.1 Å². The van der Waals surface area contributed by atoms with E-state index in [1.54, 1.807) is 24.3 Å². The summed E-state index contributed by atoms with van der Waals surface area (Å²) in [6.45, 7) is 1.27. The number of carbonyl (C=O) groups excluding carboxylic acids is 1. The summed E-state index contributed by atoms with van der Waals surface area (Å²) in [5.41, 5.74) is 0.775. The molecule has 27 heavy (non-hydrogen) atoms. The van der Waals surface area contributed by atoms with Crippen LogP contribution in [0.5, 0.6) is 0 Å². The highest BCUT2D eigenvalue weighted by Crippen LogP contribution is 2.11. The SMILES string of the molecule is COC(=O)C(CC/C=C(/F)Cn1c(C)noc1=O)/N=C\c1ccc(Cl)cc1. The minimum atomic E-state index is -0.769. The number of aromatic nitrogens is 2. The number of aryl methyl sites for hydroxylation is 1. The molecule has 0 fully saturated rings. The summed E-state index contributed by atoms with van der Waals surface area (Å²) >= 11 is 5.82. The van der Waals surface area contributed by atoms with E-state index in [1.165, 1.54) is 26.3 Å². The fourth-order valence-corrected chi connectivity index (χ4v) is 2.37. The molecule has 0 aliphatic rings. The molecule has 0 saturated heterocycles. The molecule has 0 N–H and O–H groups in total. The van der Waals surface area contributed by atoms with E-state index in [0.29, 0.717) is 5.02 Å². The van der Waals surface area contributed by atoms with Crippen LogP contribution >= 0.6 is 11.6 Å². The number of halogens is 2. The number of methoxy groups -OCH3 is 1. The Kier molecular flexibility index (Phi) is 7.48. The van der Waals surface area contributed by atoms with E-state index < -0.39 is 23.6 Å². The Bertz CT molecular complexity index is 887. The van der Waals surface area contributed by atoms with Gasteiger partial charge < -0.3 is 4.74 Å². The lowest BCUT2D eigenvalue weighted by molar-refractivity contribution is -0.142. The van der Waals surface area contributed by atoms with E-state index in [1.807, 2.05) is 0 Å². The van der Waals surface area contributed by atoms with Crippen molar-refractivity contribution in [2.24, 2.45) is 4.99 Å². The highest BCUT2D eigenvalue weighted by molar-refractivity contribution is 6.30. The highest BCUT2D eigenvalue weighted by atomic mass is 35.5. The van der Waals surface area contributed by atoms with E-state index in [4.69, 9.17) is 16.3 Å². The number of aliphatic imine (C=N–C) groups is 1. The third-order valence-electron chi connectivity index (χ3n) is 3.73. The van der Waals surface area contributed by atoms with Gasteiger partial charge in [0.2, 0.25) is 0 Å². The predicted molar refractivity (Wildman–Crippen MR) is 98.8 cm³/mol. The first-order valence-corrected chi connectivity index (χ1v) is 8.52. The predicted octanol–water partition coefficient (Wildman–Crippen LogP) is 3.09. The van der Waals surface area contributed by atoms with Crippen molar-refractivity contribution in [3.8, 4) is 0 Å². The Morgan fingerprint density at radius 2 is 2.15 bits per heavy atom. The van der Waals surface area contributed by atoms with Crippen LogP contribution in [0.4, 0.5) is 4.39 Å². The Labute approximate surface area is 160 Å². The number of carbonyl (C=O) groups is 1. The number of nitrogens with zero attached hydrogens (tertiary/aromatic N) is 3. The smallest absolute Gasteiger partial charge is 0.441 e. The molecule has 0 saturated carbocycles. The number of ether oxygens (including phenoxy) is 1. The quantitative estimate of drug-likeness (QED) is 0.506. The molecule has 1 atom stereocenters. The van der Waals surface area contributed by atoms with Crippen LogP contribution in [-0.4, -0.2) is 35.1 Å². The topological polar surface area (TPSA) is 86.7 Å². The van der Waals surface area contributed by atoms with Crippen molar-refractivity contribution in [2.45, 2.75) is 32.4 Å². The van der Waals surface area contributed by atoms with E-state index in [-0.39, 0.29) is 25.2 Å². The molecule has 1 heterocycles. The van der Waals surface area contributed by atoms with Gasteiger partial charge in [-0.05, 0) is 37.5 Å². The lowest BCUT2D eigenvalue weighted by atomic mass is 10.1. The van der Waals surface area contributed by atoms with E-state index in [2.05, 4.69) is 14.7 Å². The first kappa shape index (κ1) is 20.6. The summed E-state index contributed by atoms with van der Waals surface area (Å²) in [6, 6.07) is 6.18. The number of benzene rings is 1. The first-order valence-electron chi connectivity index (χ1n) is 8.15. The summed E-state index contributed by atoms with van der Waals surface area (Å²) < 4.78 is 24.3. The van der Waals surface area contributed by atoms with Gasteiger partial charge in [-0.1, -0.05) is 35.0 Å². The van der Waals surface area contributed by atoms with E-state index in [9.17, 15) is 14.0 Å². The van der Waals surface area contributed by atoms with E-state index in [0.717, 1.165) is 10.1 Å². The molecule has 0 bridgehead atoms. The van der Waals surface area contributed by atoms with E-state index >= 15 is 0 Å². The molecule has 1 unspecified atom stereocenters. The third-order valence-corrected chi connectivity index (χ3v) is 3.98. The number of rotatable bonds is 8. The van der Waals surface area contributed by atoms with Crippen molar-refractivity contribution < 1.29 is 18.4 Å². The fourth-order valence-electron chi connectivity index (χ4n) is 2.24. The normalized spacial score (nSPS) is 13.1. The van der Waals surface area contributed by atoms with Crippen molar-refractivity contribution in [3.63, 3.8) is 0 Å². The fraction of sp³-hybridized carbons (Fsp3) is 0.333. The van der Waals surface area contributed by atoms with Crippen LogP contribution in [0.25, 0.3) is 0 Å². The van der Waals surface area contributed by atoms with Crippen LogP contribution in [0.3, 0.4) is 0 Å². The van der Waals surface area contributed by atoms with Crippen LogP contribution < -0.4 is 5.76 Å². The largest absolute Gasteiger partial charge is 0.467 e. The lowest BCUT2D eigenvalue weighted by Crippen LogP contribution is -2.20. The second-order valence-electron chi connectivity index (χ2n) is 5.68. The highest BCUT2D eigenvalue weighted by Gasteiger charge is 2.17. The second kappa shape index (κ2) is 9.82. The summed E-state index contributed by atoms with van der Waals surface area (Å²) in [6.07, 6.45) is 3.33. The molecule has 0 amide bonds. The maximum absolute atomic E-state index is 14.0. The van der Waals surface area contributed by atoms with Gasteiger partial charge in [-0.15, -0.1) is 0 Å². The zero-order chi connectivity index (χ0) is 19.8. The summed E-state index contributed by atoms with van der Waals surface area (Å²) in [5, 5.41) is 4.06. The zero-order valence-corrected chi connectivity index (χ0v) is 15.6. The first-order chi connectivity index (χ1) is 12.9. The molecular formula is C18H19ClFN3O4. The van der Waals surface area contributed by atoms with Crippen molar-refractivity contribution in [2.75, 3.05) is 7.11 Å². The number of hydrogen-bond acceptors (Lipinski definition) is 6. The maximum atomic E-state index is 14.0. The van der Waals surface area contributed by atoms with Gasteiger partial charge in [0.05, 0.1) is 13.7 Å². The van der Waals surface area contributed by atoms with Crippen molar-refractivity contribution in [3.05, 3.63) is 63.1 Å². The molecule has 2 aromatic rings. The van der Waals surface area contributed by atoms with Gasteiger partial charge in [-0.25, -0.2) is 14.0 Å². The molecular weight excluding hydrogens is 377 g/mol. The Morgan fingerprint density at radius 1 is 1.44 bits per heavy atom. The minimum absolute atomic E-state index is 0.239. The third kappa shape index (κ3) is 6.18. The maximum Gasteiger partial charge on any atom is 0.441 e. The monoisotopic (exact) mass is 395 g/mol. The average molecular weight is 396 g/mol. The summed E-state index contributed by atoms with van der Waals surface area (Å²) in [4.78, 5) is 27.5. The molecule has 1 aromatic carbocycles. The molecule has 144 valence electrons. The standard InChI is InChI=1S/C18H19ClFN3O4/c1-12-22-27-18(25)23(12)11-15(20)4-3-5-16(17(24)26-2)21-10-13-6-8-14(19)9-7-13/h4,6-10,16H,3,5,11H2,1-2H3/b15-4+,21-10-. The number of esters is 1. The van der Waals surface area contributed by atoms with Gasteiger partial charge >= 0.3 is 11.7 Å². The Balaban J connectivity index is 1.98. The zero-order valence-electron chi connectivity index (χ0n) is 14.9. The van der Waals surface area contributed by atoms with Gasteiger partial charge in [0.25, 0.3) is 0 Å². The Hall–Kier alpha value is -2.74. The van der Waals surface area contributed by atoms with Crippen LogP contribution in [0.2, 0.25) is 5.02 Å². The molecule has 9 heteroatoms. The van der Waals surface area contributed by atoms with Crippen LogP contribution in [0.1, 0.15) is 24.2 Å². The van der Waals surface area contributed by atoms with Gasteiger partial charge in [0.1, 0.15) is 11.9 Å². The summed E-state index contributed by atoms with van der Waals surface area (Å²) in [5.74, 6) is -1.49. The van der Waals surface area contributed by atoms with Crippen molar-refractivity contribution in [1.82, 2.24) is 9.72 Å². The molecule has 0 aliphatic carbocycles. The van der Waals surface area contributed by atoms with Gasteiger partial charge in [0, 0.05) is 11.2 Å². The lowest BCUT2D eigenvalue weighted by Gasteiger charge is -2.09. The van der Waals surface area contributed by atoms with Crippen molar-refractivity contribution in [1.29, 1.82) is 0 Å². The minimum Gasteiger partial charge on any atom is -0.467 e. The Morgan fingerprint density at radius 3 is 2.74 bits per heavy atom. The van der Waals surface area contributed by atoms with Crippen LogP contribution in [0.15, 0.2) is 50.5 Å². The molecule has 0 aliphatic heterocycles. The molecule has 0 radical (unpaired) electrons. The summed E-state index contributed by atoms with van der Waals surface area (Å²) in [7, 11) is 1.27. The van der Waals surface area contributed by atoms with Gasteiger partial charge in [0.15, 0.2) is 5.82 Å². The molecule has 2 rings (SSSR count). The van der Waals surface area contributed by atoms with Crippen molar-refractivity contribution >= 4 is 23.8 Å². The second-order valence-corrected chi connectivity index (χ2v) is 6.12. The molecule has 1 aromatic heterocycles. The molecule has 7 nitrogen and oxygen atoms in total. The number of hydrogen-bond donors (Lipinski definition) is 0. The molecule has 0 spiro atoms.